The topological polar surface area (TPSA) is 99.1 Å². The van der Waals surface area contributed by atoms with Crippen LogP contribution in [-0.4, -0.2) is 108 Å². The summed E-state index contributed by atoms with van der Waals surface area (Å²) >= 11 is 0. The maximum atomic E-state index is 13.1. The van der Waals surface area contributed by atoms with E-state index in [1.165, 1.54) is 5.01 Å². The van der Waals surface area contributed by atoms with Crippen LogP contribution in [0, 0.1) is 5.92 Å². The number of ketones is 1. The van der Waals surface area contributed by atoms with Crippen LogP contribution in [0.5, 0.6) is 0 Å². The van der Waals surface area contributed by atoms with E-state index in [0.717, 1.165) is 0 Å². The lowest BCUT2D eigenvalue weighted by molar-refractivity contribution is -0.129. The number of hydrogen-bond donors (Lipinski definition) is 0. The maximum Gasteiger partial charge on any atom is 0.263 e. The Labute approximate surface area is 200 Å². The smallest absolute Gasteiger partial charge is 0.263 e. The molecule has 10 nitrogen and oxygen atoms in total. The molecule has 2 aliphatic heterocycles. The van der Waals surface area contributed by atoms with Crippen molar-refractivity contribution in [3.8, 4) is 0 Å². The summed E-state index contributed by atoms with van der Waals surface area (Å²) in [5, 5.41) is 5.66. The number of hydrazone groups is 1. The largest absolute Gasteiger partial charge is 0.378 e. The van der Waals surface area contributed by atoms with Gasteiger partial charge in [-0.05, 0) is 19.1 Å². The standard InChI is InChI=1S/C24H35N3O7/c1-20-23(24(29)27(25-20)21-5-3-2-4-6-21)22(28)19-26-7-9-30-11-13-32-15-17-34-18-16-33-14-12-31-10-8-26/h2-6,23H,7-19H2,1H3. The van der Waals surface area contributed by atoms with Gasteiger partial charge in [0, 0.05) is 13.1 Å². The molecule has 3 rings (SSSR count). The quantitative estimate of drug-likeness (QED) is 0.592. The molecule has 0 aliphatic carbocycles. The number of rotatable bonds is 4. The van der Waals surface area contributed by atoms with Crippen LogP contribution in [-0.2, 0) is 33.3 Å². The average molecular weight is 478 g/mol. The Bertz CT molecular complexity index is 772. The molecule has 1 fully saturated rings. The molecule has 1 aromatic rings. The first-order valence-corrected chi connectivity index (χ1v) is 11.7. The SMILES string of the molecule is CC1=NN(c2ccccc2)C(=O)C1C(=O)CN1CCOCCOCCOCCOCCOCC1. The van der Waals surface area contributed by atoms with Gasteiger partial charge in [-0.2, -0.15) is 10.1 Å². The van der Waals surface area contributed by atoms with E-state index in [0.29, 0.717) is 90.6 Å². The van der Waals surface area contributed by atoms with Crippen LogP contribution in [0.2, 0.25) is 0 Å². The molecular formula is C24H35N3O7. The molecule has 10 heteroatoms. The summed E-state index contributed by atoms with van der Waals surface area (Å²) in [6.07, 6.45) is 0. The number of anilines is 1. The number of ether oxygens (including phenoxy) is 5. The first kappa shape index (κ1) is 26.4. The van der Waals surface area contributed by atoms with Gasteiger partial charge in [0.05, 0.1) is 84.0 Å². The van der Waals surface area contributed by atoms with Crippen molar-refractivity contribution < 1.29 is 33.3 Å². The lowest BCUT2D eigenvalue weighted by Gasteiger charge is -2.23. The van der Waals surface area contributed by atoms with E-state index < -0.39 is 5.92 Å². The molecule has 1 amide bonds. The van der Waals surface area contributed by atoms with Crippen LogP contribution in [0.25, 0.3) is 0 Å². The molecule has 1 unspecified atom stereocenters. The van der Waals surface area contributed by atoms with Gasteiger partial charge < -0.3 is 23.7 Å². The van der Waals surface area contributed by atoms with Gasteiger partial charge in [-0.15, -0.1) is 0 Å². The third-order valence-corrected chi connectivity index (χ3v) is 5.43. The van der Waals surface area contributed by atoms with Crippen LogP contribution in [0.1, 0.15) is 6.92 Å². The van der Waals surface area contributed by atoms with Crippen LogP contribution >= 0.6 is 0 Å². The number of Topliss-reactive ketones (excluding diaryl/α,β-unsaturated/α-hetero) is 1. The molecule has 188 valence electrons. The summed E-state index contributed by atoms with van der Waals surface area (Å²) in [6, 6.07) is 9.13. The van der Waals surface area contributed by atoms with Crippen molar-refractivity contribution in [3.63, 3.8) is 0 Å². The zero-order chi connectivity index (χ0) is 24.0. The van der Waals surface area contributed by atoms with Gasteiger partial charge >= 0.3 is 0 Å². The number of carbonyl (C=O) groups excluding carboxylic acids is 2. The summed E-state index contributed by atoms with van der Waals surface area (Å²) in [5.74, 6) is -1.38. The summed E-state index contributed by atoms with van der Waals surface area (Å²) in [7, 11) is 0. The molecular weight excluding hydrogens is 442 g/mol. The zero-order valence-electron chi connectivity index (χ0n) is 19.9. The minimum absolute atomic E-state index is 0.114. The predicted molar refractivity (Wildman–Crippen MR) is 126 cm³/mol. The van der Waals surface area contributed by atoms with Crippen molar-refractivity contribution in [1.29, 1.82) is 0 Å². The normalized spacial score (nSPS) is 23.2. The molecule has 34 heavy (non-hydrogen) atoms. The third kappa shape index (κ3) is 8.53. The molecule has 0 N–H and O–H groups in total. The number of benzene rings is 1. The van der Waals surface area contributed by atoms with E-state index in [1.54, 1.807) is 19.1 Å². The zero-order valence-corrected chi connectivity index (χ0v) is 19.9. The Hall–Kier alpha value is -2.21. The lowest BCUT2D eigenvalue weighted by Crippen LogP contribution is -2.42. The van der Waals surface area contributed by atoms with Gasteiger partial charge in [0.1, 0.15) is 5.92 Å². The summed E-state index contributed by atoms with van der Waals surface area (Å²) < 4.78 is 27.7. The minimum atomic E-state index is -0.876. The molecule has 0 spiro atoms. The molecule has 0 bridgehead atoms. The van der Waals surface area contributed by atoms with E-state index in [9.17, 15) is 9.59 Å². The Kier molecular flexibility index (Phi) is 11.6. The Morgan fingerprint density at radius 3 is 1.79 bits per heavy atom. The highest BCUT2D eigenvalue weighted by atomic mass is 16.6. The number of para-hydroxylation sites is 1. The fourth-order valence-corrected chi connectivity index (χ4v) is 3.64. The van der Waals surface area contributed by atoms with Crippen LogP contribution in [0.4, 0.5) is 5.69 Å². The van der Waals surface area contributed by atoms with E-state index in [2.05, 4.69) is 5.10 Å². The molecule has 2 aliphatic rings. The Balaban J connectivity index is 1.53. The van der Waals surface area contributed by atoms with Gasteiger partial charge in [-0.3, -0.25) is 14.5 Å². The van der Waals surface area contributed by atoms with Crippen molar-refractivity contribution in [1.82, 2.24) is 4.90 Å². The maximum absolute atomic E-state index is 13.1. The molecule has 1 atom stereocenters. The van der Waals surface area contributed by atoms with Crippen molar-refractivity contribution >= 4 is 23.1 Å². The average Bonchev–Trinajstić information content (AvgIpc) is 3.14. The van der Waals surface area contributed by atoms with Crippen molar-refractivity contribution in [3.05, 3.63) is 30.3 Å². The molecule has 0 aromatic heterocycles. The van der Waals surface area contributed by atoms with Crippen LogP contribution < -0.4 is 5.01 Å². The Morgan fingerprint density at radius 1 is 0.824 bits per heavy atom. The second kappa shape index (κ2) is 14.9. The van der Waals surface area contributed by atoms with Crippen LogP contribution in [0.15, 0.2) is 35.4 Å². The second-order valence-electron chi connectivity index (χ2n) is 7.96. The number of hydrogen-bond acceptors (Lipinski definition) is 9. The highest BCUT2D eigenvalue weighted by Crippen LogP contribution is 2.24. The fourth-order valence-electron chi connectivity index (χ4n) is 3.64. The highest BCUT2D eigenvalue weighted by molar-refractivity contribution is 6.27. The van der Waals surface area contributed by atoms with Gasteiger partial charge in [0.15, 0.2) is 5.78 Å². The minimum Gasteiger partial charge on any atom is -0.378 e. The monoisotopic (exact) mass is 477 g/mol. The van der Waals surface area contributed by atoms with E-state index in [1.807, 2.05) is 23.1 Å². The van der Waals surface area contributed by atoms with E-state index in [-0.39, 0.29) is 18.2 Å². The van der Waals surface area contributed by atoms with E-state index in [4.69, 9.17) is 23.7 Å². The van der Waals surface area contributed by atoms with Crippen molar-refractivity contribution in [2.75, 3.05) is 90.7 Å². The first-order valence-electron chi connectivity index (χ1n) is 11.7. The van der Waals surface area contributed by atoms with Gasteiger partial charge in [0.25, 0.3) is 5.91 Å². The molecule has 1 aromatic carbocycles. The molecule has 2 heterocycles. The van der Waals surface area contributed by atoms with Crippen molar-refractivity contribution in [2.45, 2.75) is 6.92 Å². The lowest BCUT2D eigenvalue weighted by atomic mass is 9.98. The summed E-state index contributed by atoms with van der Waals surface area (Å²) in [4.78, 5) is 28.1. The summed E-state index contributed by atoms with van der Waals surface area (Å²) in [5.41, 5.74) is 1.16. The first-order chi connectivity index (χ1) is 16.7. The molecule has 1 saturated heterocycles. The third-order valence-electron chi connectivity index (χ3n) is 5.43. The van der Waals surface area contributed by atoms with Gasteiger partial charge in [-0.25, -0.2) is 0 Å². The number of carbonyl (C=O) groups is 2. The summed E-state index contributed by atoms with van der Waals surface area (Å²) in [6.45, 7) is 7.70. The predicted octanol–water partition coefficient (Wildman–Crippen LogP) is 0.993. The van der Waals surface area contributed by atoms with E-state index >= 15 is 0 Å². The number of amides is 1. The second-order valence-corrected chi connectivity index (χ2v) is 7.96. The van der Waals surface area contributed by atoms with Gasteiger partial charge in [0.2, 0.25) is 0 Å². The van der Waals surface area contributed by atoms with Gasteiger partial charge in [-0.1, -0.05) is 18.2 Å². The highest BCUT2D eigenvalue weighted by Gasteiger charge is 2.39. The number of nitrogens with zero attached hydrogens (tertiary/aromatic N) is 3. The Morgan fingerprint density at radius 2 is 1.29 bits per heavy atom. The molecule has 0 radical (unpaired) electrons. The van der Waals surface area contributed by atoms with Crippen LogP contribution in [0.3, 0.4) is 0 Å². The van der Waals surface area contributed by atoms with Crippen molar-refractivity contribution in [2.24, 2.45) is 11.0 Å². The molecule has 0 saturated carbocycles. The fraction of sp³-hybridized carbons (Fsp3) is 0.625.